The van der Waals surface area contributed by atoms with Gasteiger partial charge in [-0.05, 0) is 59.5 Å². The zero-order chi connectivity index (χ0) is 22.4. The Morgan fingerprint density at radius 3 is 2.62 bits per heavy atom. The number of carbonyl (C=O) groups is 1. The highest BCUT2D eigenvalue weighted by molar-refractivity contribution is 7.98. The van der Waals surface area contributed by atoms with Gasteiger partial charge in [0, 0.05) is 22.6 Å². The molecular formula is C23H17ClN4O3S. The zero-order valence-electron chi connectivity index (χ0n) is 17.2. The molecule has 1 aliphatic heterocycles. The molecule has 1 amide bonds. The summed E-state index contributed by atoms with van der Waals surface area (Å²) in [6.07, 6.45) is 1.02. The van der Waals surface area contributed by atoms with Crippen molar-refractivity contribution >= 4 is 35.0 Å². The number of amides is 1. The van der Waals surface area contributed by atoms with Crippen molar-refractivity contribution in [3.63, 3.8) is 0 Å². The molecule has 5 rings (SSSR count). The first-order valence-electron chi connectivity index (χ1n) is 9.77. The minimum absolute atomic E-state index is 0.207. The average Bonchev–Trinajstić information content (AvgIpc) is 3.27. The molecule has 1 atom stereocenters. The van der Waals surface area contributed by atoms with E-state index in [2.05, 4.69) is 10.1 Å². The standard InChI is InChI=1S/C23H17ClN4O3S/c1-13(29)27-17-6-4-3-5-16(17)20-21(30)25-23(32-2)26-28(20)22(27)19-12-11-18(31-19)14-7-9-15(24)10-8-14/h3-12,22H,1-2H3. The highest BCUT2D eigenvalue weighted by atomic mass is 35.5. The number of hydrogen-bond acceptors (Lipinski definition) is 6. The number of nitrogens with zero attached hydrogens (tertiary/aromatic N) is 4. The van der Waals surface area contributed by atoms with Crippen LogP contribution in [0.3, 0.4) is 0 Å². The number of rotatable bonds is 3. The van der Waals surface area contributed by atoms with Crippen LogP contribution in [0, 0.1) is 0 Å². The smallest absolute Gasteiger partial charge is 0.325 e. The minimum Gasteiger partial charge on any atom is -0.854 e. The molecule has 2 aromatic carbocycles. The Bertz CT molecular complexity index is 1340. The van der Waals surface area contributed by atoms with Gasteiger partial charge >= 0.3 is 6.17 Å². The summed E-state index contributed by atoms with van der Waals surface area (Å²) in [6, 6.07) is 18.1. The van der Waals surface area contributed by atoms with Crippen LogP contribution in [0.5, 0.6) is 5.88 Å². The van der Waals surface area contributed by atoms with Gasteiger partial charge in [0.2, 0.25) is 5.91 Å². The van der Waals surface area contributed by atoms with Gasteiger partial charge in [0.1, 0.15) is 5.76 Å². The summed E-state index contributed by atoms with van der Waals surface area (Å²) in [6.45, 7) is 1.48. The highest BCUT2D eigenvalue weighted by Crippen LogP contribution is 2.41. The Morgan fingerprint density at radius 1 is 1.16 bits per heavy atom. The van der Waals surface area contributed by atoms with E-state index in [1.807, 2.05) is 30.3 Å². The lowest BCUT2D eigenvalue weighted by Gasteiger charge is -2.31. The van der Waals surface area contributed by atoms with E-state index in [1.165, 1.54) is 23.4 Å². The lowest BCUT2D eigenvalue weighted by atomic mass is 10.0. The van der Waals surface area contributed by atoms with Crippen molar-refractivity contribution in [1.82, 2.24) is 10.1 Å². The van der Waals surface area contributed by atoms with E-state index in [9.17, 15) is 9.90 Å². The molecule has 160 valence electrons. The Kier molecular flexibility index (Phi) is 5.11. The molecule has 1 aliphatic rings. The van der Waals surface area contributed by atoms with Crippen LogP contribution >= 0.6 is 23.4 Å². The van der Waals surface area contributed by atoms with Gasteiger partial charge < -0.3 is 9.52 Å². The van der Waals surface area contributed by atoms with E-state index < -0.39 is 12.0 Å². The molecule has 0 aliphatic carbocycles. The molecule has 0 radical (unpaired) electrons. The normalized spacial score (nSPS) is 14.7. The quantitative estimate of drug-likeness (QED) is 0.336. The third-order valence-electron chi connectivity index (χ3n) is 5.25. The van der Waals surface area contributed by atoms with Gasteiger partial charge in [0.05, 0.1) is 17.1 Å². The fraction of sp³-hybridized carbons (Fsp3) is 0.130. The van der Waals surface area contributed by atoms with Crippen LogP contribution in [0.15, 0.2) is 70.2 Å². The molecule has 2 aromatic heterocycles. The monoisotopic (exact) mass is 464 g/mol. The number of aromatic nitrogens is 3. The third kappa shape index (κ3) is 3.32. The van der Waals surface area contributed by atoms with Crippen molar-refractivity contribution in [2.45, 2.75) is 18.2 Å². The first kappa shape index (κ1) is 20.5. The zero-order valence-corrected chi connectivity index (χ0v) is 18.7. The lowest BCUT2D eigenvalue weighted by Crippen LogP contribution is -2.58. The Morgan fingerprint density at radius 2 is 1.91 bits per heavy atom. The average molecular weight is 465 g/mol. The number of thioether (sulfide) groups is 1. The molecule has 0 saturated heterocycles. The van der Waals surface area contributed by atoms with E-state index in [4.69, 9.17) is 16.0 Å². The van der Waals surface area contributed by atoms with Crippen LogP contribution in [0.25, 0.3) is 22.6 Å². The van der Waals surface area contributed by atoms with Crippen molar-refractivity contribution in [1.29, 1.82) is 0 Å². The number of para-hydroxylation sites is 1. The summed E-state index contributed by atoms with van der Waals surface area (Å²) in [4.78, 5) is 18.5. The number of carbonyl (C=O) groups excluding carboxylic acids is 1. The maximum atomic E-state index is 13.0. The first-order valence-corrected chi connectivity index (χ1v) is 11.4. The second-order valence-electron chi connectivity index (χ2n) is 7.19. The summed E-state index contributed by atoms with van der Waals surface area (Å²) in [5.41, 5.74) is 2.35. The summed E-state index contributed by atoms with van der Waals surface area (Å²) in [5, 5.41) is 18.5. The maximum Gasteiger partial charge on any atom is 0.325 e. The number of benzene rings is 2. The number of furan rings is 1. The van der Waals surface area contributed by atoms with Gasteiger partial charge in [-0.25, -0.2) is 9.88 Å². The van der Waals surface area contributed by atoms with E-state index >= 15 is 0 Å². The summed E-state index contributed by atoms with van der Waals surface area (Å²) >= 11 is 7.26. The van der Waals surface area contributed by atoms with E-state index in [0.717, 1.165) is 5.56 Å². The van der Waals surface area contributed by atoms with Crippen molar-refractivity contribution in [3.8, 4) is 28.5 Å². The molecule has 7 nitrogen and oxygen atoms in total. The van der Waals surface area contributed by atoms with Gasteiger partial charge in [0.25, 0.3) is 10.9 Å². The summed E-state index contributed by atoms with van der Waals surface area (Å²) < 4.78 is 7.72. The lowest BCUT2D eigenvalue weighted by molar-refractivity contribution is -0.765. The first-order chi connectivity index (χ1) is 15.5. The fourth-order valence-corrected chi connectivity index (χ4v) is 4.35. The Hall–Kier alpha value is -3.36. The Labute approximate surface area is 193 Å². The van der Waals surface area contributed by atoms with E-state index in [1.54, 1.807) is 41.5 Å². The molecular weight excluding hydrogens is 448 g/mol. The molecule has 1 unspecified atom stereocenters. The van der Waals surface area contributed by atoms with Crippen LogP contribution in [0.1, 0.15) is 18.8 Å². The third-order valence-corrected chi connectivity index (χ3v) is 6.04. The van der Waals surface area contributed by atoms with Crippen LogP contribution in [0.4, 0.5) is 5.69 Å². The molecule has 4 aromatic rings. The van der Waals surface area contributed by atoms with Crippen molar-refractivity contribution < 1.29 is 19.0 Å². The summed E-state index contributed by atoms with van der Waals surface area (Å²) in [5.74, 6) is 0.468. The topological polar surface area (TPSA) is 86.2 Å². The predicted octanol–water partition coefficient (Wildman–Crippen LogP) is 4.05. The highest BCUT2D eigenvalue weighted by Gasteiger charge is 2.45. The number of halogens is 1. The van der Waals surface area contributed by atoms with Crippen LogP contribution in [0.2, 0.25) is 5.02 Å². The fourth-order valence-electron chi connectivity index (χ4n) is 3.88. The molecule has 0 fully saturated rings. The molecule has 0 saturated carbocycles. The molecule has 32 heavy (non-hydrogen) atoms. The van der Waals surface area contributed by atoms with Crippen molar-refractivity contribution in [2.24, 2.45) is 0 Å². The van der Waals surface area contributed by atoms with E-state index in [-0.39, 0.29) is 5.91 Å². The van der Waals surface area contributed by atoms with Crippen molar-refractivity contribution in [3.05, 3.63) is 71.4 Å². The van der Waals surface area contributed by atoms with Crippen molar-refractivity contribution in [2.75, 3.05) is 11.2 Å². The molecule has 9 heteroatoms. The van der Waals surface area contributed by atoms with Gasteiger partial charge in [-0.1, -0.05) is 35.5 Å². The number of fused-ring (bicyclic) bond motifs is 3. The second-order valence-corrected chi connectivity index (χ2v) is 8.40. The van der Waals surface area contributed by atoms with Gasteiger partial charge in [-0.2, -0.15) is 0 Å². The maximum absolute atomic E-state index is 13.0. The molecule has 0 N–H and O–H groups in total. The minimum atomic E-state index is -0.778. The van der Waals surface area contributed by atoms with Crippen LogP contribution in [-0.2, 0) is 4.79 Å². The SMILES string of the molecule is CSc1nc([O-])c2[n+](n1)C(c1ccc(-c3ccc(Cl)cc3)o1)N(C(C)=O)c1ccccc1-2. The van der Waals surface area contributed by atoms with Gasteiger partial charge in [0.15, 0.2) is 5.76 Å². The predicted molar refractivity (Wildman–Crippen MR) is 119 cm³/mol. The number of anilines is 1. The van der Waals surface area contributed by atoms with Crippen LogP contribution < -0.4 is 14.7 Å². The molecule has 3 heterocycles. The summed E-state index contributed by atoms with van der Waals surface area (Å²) in [7, 11) is 0. The van der Waals surface area contributed by atoms with E-state index in [0.29, 0.717) is 38.6 Å². The van der Waals surface area contributed by atoms with Crippen LogP contribution in [-0.4, -0.2) is 22.2 Å². The molecule has 0 bridgehead atoms. The van der Waals surface area contributed by atoms with Gasteiger partial charge in [-0.15, -0.1) is 0 Å². The largest absolute Gasteiger partial charge is 0.854 e. The molecule has 0 spiro atoms. The number of hydrogen-bond donors (Lipinski definition) is 0. The Balaban J connectivity index is 1.73. The van der Waals surface area contributed by atoms with Gasteiger partial charge in [-0.3, -0.25) is 4.79 Å². The second kappa shape index (κ2) is 7.96.